The summed E-state index contributed by atoms with van der Waals surface area (Å²) in [6.45, 7) is 3.73. The number of aliphatic carboxylic acids is 2. The molecule has 34 heavy (non-hydrogen) atoms. The average molecular weight is 486 g/mol. The fourth-order valence-corrected chi connectivity index (χ4v) is 3.57. The highest BCUT2D eigenvalue weighted by atomic mass is 16.4. The molecule has 3 amide bonds. The summed E-state index contributed by atoms with van der Waals surface area (Å²) in [6, 6.07) is -4.62. The number of carboxylic acids is 2. The van der Waals surface area contributed by atoms with Gasteiger partial charge in [0.15, 0.2) is 5.96 Å². The van der Waals surface area contributed by atoms with Crippen LogP contribution in [0.4, 0.5) is 0 Å². The highest BCUT2D eigenvalue weighted by Crippen LogP contribution is 2.19. The van der Waals surface area contributed by atoms with Crippen LogP contribution in [0.3, 0.4) is 0 Å². The average Bonchev–Trinajstić information content (AvgIpc) is 3.23. The predicted octanol–water partition coefficient (Wildman–Crippen LogP) is -2.46. The molecule has 14 nitrogen and oxygen atoms in total. The van der Waals surface area contributed by atoms with Crippen LogP contribution in [0.15, 0.2) is 4.99 Å². The summed E-state index contributed by atoms with van der Waals surface area (Å²) < 4.78 is 0. The maximum Gasteiger partial charge on any atom is 0.326 e. The van der Waals surface area contributed by atoms with Gasteiger partial charge in [-0.3, -0.25) is 24.2 Å². The van der Waals surface area contributed by atoms with Gasteiger partial charge in [0.05, 0.1) is 12.5 Å². The number of amides is 3. The van der Waals surface area contributed by atoms with E-state index in [2.05, 4.69) is 15.6 Å². The van der Waals surface area contributed by atoms with E-state index in [0.717, 1.165) is 4.90 Å². The van der Waals surface area contributed by atoms with Crippen molar-refractivity contribution in [1.82, 2.24) is 15.5 Å². The van der Waals surface area contributed by atoms with Crippen LogP contribution in [-0.2, 0) is 24.0 Å². The molecule has 0 aliphatic carbocycles. The smallest absolute Gasteiger partial charge is 0.326 e. The number of carboxylic acid groups (broad SMARTS) is 2. The summed E-state index contributed by atoms with van der Waals surface area (Å²) in [6.07, 6.45) is 0.626. The lowest BCUT2D eigenvalue weighted by Gasteiger charge is -2.29. The van der Waals surface area contributed by atoms with Crippen LogP contribution in [0.5, 0.6) is 0 Å². The maximum atomic E-state index is 12.9. The molecule has 4 atom stereocenters. The summed E-state index contributed by atoms with van der Waals surface area (Å²) in [4.78, 5) is 65.9. The topological polar surface area (TPSA) is 244 Å². The first kappa shape index (κ1) is 28.6. The van der Waals surface area contributed by atoms with Gasteiger partial charge in [-0.15, -0.1) is 0 Å². The number of carbonyl (C=O) groups is 5. The number of nitrogens with two attached hydrogens (primary N) is 3. The van der Waals surface area contributed by atoms with Gasteiger partial charge in [-0.25, -0.2) is 4.79 Å². The van der Waals surface area contributed by atoms with Crippen molar-refractivity contribution in [2.45, 2.75) is 70.1 Å². The molecule has 1 heterocycles. The van der Waals surface area contributed by atoms with Crippen molar-refractivity contribution in [2.75, 3.05) is 13.1 Å². The largest absolute Gasteiger partial charge is 0.481 e. The first-order chi connectivity index (χ1) is 15.8. The van der Waals surface area contributed by atoms with Gasteiger partial charge in [-0.05, 0) is 31.6 Å². The maximum absolute atomic E-state index is 12.9. The van der Waals surface area contributed by atoms with Crippen molar-refractivity contribution in [2.24, 2.45) is 28.1 Å². The van der Waals surface area contributed by atoms with E-state index in [4.69, 9.17) is 17.2 Å². The van der Waals surface area contributed by atoms with E-state index in [1.54, 1.807) is 13.8 Å². The second-order valence-electron chi connectivity index (χ2n) is 8.47. The van der Waals surface area contributed by atoms with Crippen molar-refractivity contribution >= 4 is 35.6 Å². The quantitative estimate of drug-likeness (QED) is 0.0823. The molecule has 0 saturated carbocycles. The summed E-state index contributed by atoms with van der Waals surface area (Å²) in [5.41, 5.74) is 16.3. The Bertz CT molecular complexity index is 798. The van der Waals surface area contributed by atoms with Crippen molar-refractivity contribution in [3.63, 3.8) is 0 Å². The molecule has 1 aliphatic rings. The van der Waals surface area contributed by atoms with Crippen LogP contribution in [0, 0.1) is 5.92 Å². The Morgan fingerprint density at radius 1 is 1.09 bits per heavy atom. The molecule has 192 valence electrons. The molecule has 0 aromatic rings. The van der Waals surface area contributed by atoms with Crippen molar-refractivity contribution < 1.29 is 34.2 Å². The van der Waals surface area contributed by atoms with Gasteiger partial charge in [0, 0.05) is 13.1 Å². The first-order valence-electron chi connectivity index (χ1n) is 11.0. The Labute approximate surface area is 197 Å². The van der Waals surface area contributed by atoms with E-state index in [0.29, 0.717) is 12.8 Å². The predicted molar refractivity (Wildman–Crippen MR) is 121 cm³/mol. The molecular formula is C20H35N7O7. The van der Waals surface area contributed by atoms with E-state index in [1.165, 1.54) is 0 Å². The zero-order chi connectivity index (χ0) is 26.0. The molecule has 4 unspecified atom stereocenters. The number of carbonyl (C=O) groups excluding carboxylic acids is 3. The lowest BCUT2D eigenvalue weighted by Crippen LogP contribution is -2.58. The molecule has 10 N–H and O–H groups in total. The van der Waals surface area contributed by atoms with Crippen molar-refractivity contribution in [3.05, 3.63) is 0 Å². The van der Waals surface area contributed by atoms with E-state index >= 15 is 0 Å². The lowest BCUT2D eigenvalue weighted by atomic mass is 10.0. The lowest BCUT2D eigenvalue weighted by molar-refractivity contribution is -0.150. The van der Waals surface area contributed by atoms with Crippen LogP contribution < -0.4 is 27.8 Å². The normalized spacial score (nSPS) is 18.0. The Kier molecular flexibility index (Phi) is 11.2. The number of nitrogens with zero attached hydrogens (tertiary/aromatic N) is 2. The van der Waals surface area contributed by atoms with Gasteiger partial charge < -0.3 is 42.9 Å². The standard InChI is InChI=1S/C20H35N7O7/c1-10(2)15(26-16(30)11(21)5-3-7-24-20(22)23)17(31)25-12(9-14(28)29)18(32)27-8-4-6-13(27)19(33)34/h10-13,15H,3-9,21H2,1-2H3,(H,25,31)(H,26,30)(H,28,29)(H,33,34)(H4,22,23,24). The SMILES string of the molecule is CC(C)C(NC(=O)C(N)CCCN=C(N)N)C(=O)NC(CC(=O)O)C(=O)N1CCCC1C(=O)O. The minimum Gasteiger partial charge on any atom is -0.481 e. The van der Waals surface area contributed by atoms with Crippen LogP contribution in [0.25, 0.3) is 0 Å². The first-order valence-corrected chi connectivity index (χ1v) is 11.0. The van der Waals surface area contributed by atoms with E-state index in [1.807, 2.05) is 0 Å². The fraction of sp³-hybridized carbons (Fsp3) is 0.700. The van der Waals surface area contributed by atoms with Crippen LogP contribution >= 0.6 is 0 Å². The minimum atomic E-state index is -1.49. The number of hydrogen-bond acceptors (Lipinski definition) is 7. The molecule has 0 aromatic carbocycles. The number of guanidine groups is 1. The van der Waals surface area contributed by atoms with E-state index < -0.39 is 66.2 Å². The Morgan fingerprint density at radius 2 is 1.74 bits per heavy atom. The fourth-order valence-electron chi connectivity index (χ4n) is 3.57. The number of rotatable bonds is 13. The third-order valence-corrected chi connectivity index (χ3v) is 5.37. The summed E-state index contributed by atoms with van der Waals surface area (Å²) in [5, 5.41) is 23.4. The van der Waals surface area contributed by atoms with E-state index in [-0.39, 0.29) is 31.9 Å². The van der Waals surface area contributed by atoms with Crippen LogP contribution in [0.2, 0.25) is 0 Å². The second kappa shape index (κ2) is 13.3. The van der Waals surface area contributed by atoms with Crippen molar-refractivity contribution in [3.8, 4) is 0 Å². The molecule has 0 radical (unpaired) electrons. The van der Waals surface area contributed by atoms with Gasteiger partial charge in [-0.2, -0.15) is 0 Å². The molecule has 1 fully saturated rings. The monoisotopic (exact) mass is 485 g/mol. The molecule has 1 aliphatic heterocycles. The molecule has 0 spiro atoms. The van der Waals surface area contributed by atoms with Gasteiger partial charge >= 0.3 is 11.9 Å². The highest BCUT2D eigenvalue weighted by Gasteiger charge is 2.39. The van der Waals surface area contributed by atoms with Crippen LogP contribution in [-0.4, -0.2) is 88.0 Å². The summed E-state index contributed by atoms with van der Waals surface area (Å²) >= 11 is 0. The Morgan fingerprint density at radius 3 is 2.26 bits per heavy atom. The van der Waals surface area contributed by atoms with Crippen LogP contribution in [0.1, 0.15) is 46.0 Å². The molecule has 1 rings (SSSR count). The Hall–Kier alpha value is -3.42. The third-order valence-electron chi connectivity index (χ3n) is 5.37. The molecule has 14 heteroatoms. The minimum absolute atomic E-state index is 0.0800. The van der Waals surface area contributed by atoms with E-state index in [9.17, 15) is 34.2 Å². The van der Waals surface area contributed by atoms with Crippen molar-refractivity contribution in [1.29, 1.82) is 0 Å². The number of hydrogen-bond donors (Lipinski definition) is 7. The summed E-state index contributed by atoms with van der Waals surface area (Å²) in [5.74, 6) is -5.23. The number of aliphatic imine (C=N–C) groups is 1. The van der Waals surface area contributed by atoms with Gasteiger partial charge in [-0.1, -0.05) is 13.8 Å². The zero-order valence-corrected chi connectivity index (χ0v) is 19.4. The molecule has 1 saturated heterocycles. The Balaban J connectivity index is 2.87. The number of likely N-dealkylation sites (tertiary alicyclic amines) is 1. The van der Waals surface area contributed by atoms with Gasteiger partial charge in [0.25, 0.3) is 0 Å². The summed E-state index contributed by atoms with van der Waals surface area (Å²) in [7, 11) is 0. The molecule has 0 aromatic heterocycles. The third kappa shape index (κ3) is 8.84. The highest BCUT2D eigenvalue weighted by molar-refractivity contribution is 5.95. The number of nitrogens with one attached hydrogen (secondary N) is 2. The van der Waals surface area contributed by atoms with Gasteiger partial charge in [0.1, 0.15) is 18.1 Å². The molecule has 0 bridgehead atoms. The molecular weight excluding hydrogens is 450 g/mol. The second-order valence-corrected chi connectivity index (χ2v) is 8.47. The van der Waals surface area contributed by atoms with Gasteiger partial charge in [0.2, 0.25) is 17.7 Å². The zero-order valence-electron chi connectivity index (χ0n) is 19.4.